The SMILES string of the molecule is CCCNc1nc(Nc2ccnc(OC)c2)ncc1C#CCCCNC(=O)[C@@H]1C[C@H](O)CN1. The Balaban J connectivity index is 1.54. The molecule has 2 aromatic rings. The number of methoxy groups -OCH3 is 1. The lowest BCUT2D eigenvalue weighted by molar-refractivity contribution is -0.122. The van der Waals surface area contributed by atoms with Crippen molar-refractivity contribution in [1.29, 1.82) is 0 Å². The zero-order valence-electron chi connectivity index (χ0n) is 19.0. The van der Waals surface area contributed by atoms with Crippen LogP contribution >= 0.6 is 0 Å². The van der Waals surface area contributed by atoms with Crippen LogP contribution in [-0.4, -0.2) is 64.9 Å². The molecule has 1 aliphatic rings. The number of β-amino-alcohol motifs (C(OH)–C–C–N with tert-alkyl or cyclic N) is 1. The van der Waals surface area contributed by atoms with E-state index in [4.69, 9.17) is 4.74 Å². The number of aliphatic hydroxyl groups is 1. The van der Waals surface area contributed by atoms with Gasteiger partial charge in [0.05, 0.1) is 31.0 Å². The summed E-state index contributed by atoms with van der Waals surface area (Å²) in [6.45, 7) is 3.85. The van der Waals surface area contributed by atoms with Gasteiger partial charge in [0.1, 0.15) is 5.82 Å². The smallest absolute Gasteiger partial charge is 0.237 e. The number of amides is 1. The molecule has 5 N–H and O–H groups in total. The third-order valence-electron chi connectivity index (χ3n) is 4.96. The van der Waals surface area contributed by atoms with Gasteiger partial charge < -0.3 is 31.1 Å². The van der Waals surface area contributed by atoms with Gasteiger partial charge in [0.2, 0.25) is 17.7 Å². The molecule has 0 unspecified atom stereocenters. The Bertz CT molecular complexity index is 990. The van der Waals surface area contributed by atoms with Crippen molar-refractivity contribution in [2.45, 2.75) is 44.8 Å². The number of hydrogen-bond donors (Lipinski definition) is 5. The van der Waals surface area contributed by atoms with Gasteiger partial charge in [0, 0.05) is 44.0 Å². The molecule has 1 saturated heterocycles. The molecule has 10 nitrogen and oxygen atoms in total. The summed E-state index contributed by atoms with van der Waals surface area (Å²) in [5.41, 5.74) is 1.49. The molecule has 2 aromatic heterocycles. The number of unbranched alkanes of at least 4 members (excludes halogenated alkanes) is 1. The van der Waals surface area contributed by atoms with Crippen molar-refractivity contribution in [3.05, 3.63) is 30.1 Å². The Morgan fingerprint density at radius 1 is 1.36 bits per heavy atom. The van der Waals surface area contributed by atoms with Crippen LogP contribution in [0.25, 0.3) is 0 Å². The molecule has 10 heteroatoms. The van der Waals surface area contributed by atoms with E-state index in [1.54, 1.807) is 25.6 Å². The first kappa shape index (κ1) is 24.2. The maximum absolute atomic E-state index is 12.0. The third-order valence-corrected chi connectivity index (χ3v) is 4.96. The molecule has 33 heavy (non-hydrogen) atoms. The lowest BCUT2D eigenvalue weighted by atomic mass is 10.2. The van der Waals surface area contributed by atoms with E-state index < -0.39 is 6.10 Å². The van der Waals surface area contributed by atoms with Gasteiger partial charge in [-0.25, -0.2) is 9.97 Å². The summed E-state index contributed by atoms with van der Waals surface area (Å²) in [7, 11) is 1.56. The lowest BCUT2D eigenvalue weighted by Gasteiger charge is -2.10. The maximum atomic E-state index is 12.0. The number of hydrogen-bond acceptors (Lipinski definition) is 9. The summed E-state index contributed by atoms with van der Waals surface area (Å²) in [4.78, 5) is 25.1. The van der Waals surface area contributed by atoms with E-state index in [-0.39, 0.29) is 11.9 Å². The zero-order chi connectivity index (χ0) is 23.5. The van der Waals surface area contributed by atoms with Crippen molar-refractivity contribution < 1.29 is 14.6 Å². The van der Waals surface area contributed by atoms with E-state index in [2.05, 4.69) is 55.0 Å². The molecular formula is C23H31N7O3. The van der Waals surface area contributed by atoms with Crippen LogP contribution in [-0.2, 0) is 4.79 Å². The van der Waals surface area contributed by atoms with Gasteiger partial charge in [-0.3, -0.25) is 4.79 Å². The predicted molar refractivity (Wildman–Crippen MR) is 126 cm³/mol. The van der Waals surface area contributed by atoms with E-state index in [0.29, 0.717) is 43.6 Å². The van der Waals surface area contributed by atoms with E-state index in [9.17, 15) is 9.90 Å². The first-order valence-electron chi connectivity index (χ1n) is 11.1. The minimum absolute atomic E-state index is 0.0751. The van der Waals surface area contributed by atoms with Crippen molar-refractivity contribution in [2.24, 2.45) is 0 Å². The number of aromatic nitrogens is 3. The molecule has 1 fully saturated rings. The van der Waals surface area contributed by atoms with Gasteiger partial charge >= 0.3 is 0 Å². The highest BCUT2D eigenvalue weighted by atomic mass is 16.5. The fourth-order valence-corrected chi connectivity index (χ4v) is 3.23. The van der Waals surface area contributed by atoms with E-state index in [1.165, 1.54) is 0 Å². The molecule has 0 aliphatic carbocycles. The van der Waals surface area contributed by atoms with Crippen molar-refractivity contribution >= 4 is 23.4 Å². The Kier molecular flexibility index (Phi) is 9.23. The molecule has 3 heterocycles. The highest BCUT2D eigenvalue weighted by molar-refractivity contribution is 5.82. The summed E-state index contributed by atoms with van der Waals surface area (Å²) < 4.78 is 5.14. The average Bonchev–Trinajstić information content (AvgIpc) is 3.27. The molecule has 0 spiro atoms. The molecule has 2 atom stereocenters. The van der Waals surface area contributed by atoms with Crippen LogP contribution in [0.5, 0.6) is 5.88 Å². The lowest BCUT2D eigenvalue weighted by Crippen LogP contribution is -2.40. The van der Waals surface area contributed by atoms with E-state index in [1.807, 2.05) is 6.07 Å². The second-order valence-electron chi connectivity index (χ2n) is 7.64. The molecular weight excluding hydrogens is 422 g/mol. The van der Waals surface area contributed by atoms with Gasteiger partial charge in [0.15, 0.2) is 0 Å². The van der Waals surface area contributed by atoms with Gasteiger partial charge in [-0.15, -0.1) is 0 Å². The zero-order valence-corrected chi connectivity index (χ0v) is 19.0. The van der Waals surface area contributed by atoms with Crippen molar-refractivity contribution in [2.75, 3.05) is 37.4 Å². The largest absolute Gasteiger partial charge is 0.481 e. The quantitative estimate of drug-likeness (QED) is 0.267. The molecule has 3 rings (SSSR count). The van der Waals surface area contributed by atoms with Crippen molar-refractivity contribution in [1.82, 2.24) is 25.6 Å². The van der Waals surface area contributed by atoms with Gasteiger partial charge in [0.25, 0.3) is 0 Å². The van der Waals surface area contributed by atoms with E-state index >= 15 is 0 Å². The van der Waals surface area contributed by atoms with Crippen LogP contribution in [0.3, 0.4) is 0 Å². The number of nitrogens with zero attached hydrogens (tertiary/aromatic N) is 3. The molecule has 1 aliphatic heterocycles. The second kappa shape index (κ2) is 12.6. The fraction of sp³-hybridized carbons (Fsp3) is 0.478. The number of ether oxygens (including phenoxy) is 1. The number of aliphatic hydroxyl groups excluding tert-OH is 1. The average molecular weight is 454 g/mol. The van der Waals surface area contributed by atoms with Gasteiger partial charge in [-0.1, -0.05) is 18.8 Å². The highest BCUT2D eigenvalue weighted by Crippen LogP contribution is 2.19. The maximum Gasteiger partial charge on any atom is 0.237 e. The number of carbonyl (C=O) groups is 1. The number of anilines is 3. The van der Waals surface area contributed by atoms with Gasteiger partial charge in [-0.05, 0) is 25.3 Å². The van der Waals surface area contributed by atoms with Crippen LogP contribution < -0.4 is 26.0 Å². The topological polar surface area (TPSA) is 133 Å². The van der Waals surface area contributed by atoms with Crippen LogP contribution in [0.1, 0.15) is 38.2 Å². The summed E-state index contributed by atoms with van der Waals surface area (Å²) in [6, 6.07) is 3.26. The Hall–Kier alpha value is -3.42. The first-order chi connectivity index (χ1) is 16.1. The normalized spacial score (nSPS) is 17.1. The molecule has 0 aromatic carbocycles. The summed E-state index contributed by atoms with van der Waals surface area (Å²) in [5.74, 6) is 7.80. The van der Waals surface area contributed by atoms with Crippen LogP contribution in [0.15, 0.2) is 24.5 Å². The van der Waals surface area contributed by atoms with Crippen molar-refractivity contribution in [3.63, 3.8) is 0 Å². The standard InChI is InChI=1S/C23H31N7O3/c1-3-9-25-21-16(7-5-4-6-10-26-22(32)19-13-18(31)15-27-19)14-28-23(30-21)29-17-8-11-24-20(12-17)33-2/h8,11-12,14,18-19,27,31H,3-4,6,9-10,13,15H2,1-2H3,(H,26,32)(H2,24,25,28,29,30)/t18-,19-/m0/s1. The van der Waals surface area contributed by atoms with Crippen molar-refractivity contribution in [3.8, 4) is 17.7 Å². The minimum atomic E-state index is -0.446. The Labute approximate surface area is 194 Å². The molecule has 176 valence electrons. The summed E-state index contributed by atoms with van der Waals surface area (Å²) in [5, 5.41) is 21.8. The molecule has 0 saturated carbocycles. The number of nitrogens with one attached hydrogen (secondary N) is 4. The first-order valence-corrected chi connectivity index (χ1v) is 11.1. The summed E-state index contributed by atoms with van der Waals surface area (Å²) in [6.07, 6.45) is 5.66. The Morgan fingerprint density at radius 3 is 3.00 bits per heavy atom. The second-order valence-corrected chi connectivity index (χ2v) is 7.64. The summed E-state index contributed by atoms with van der Waals surface area (Å²) >= 11 is 0. The minimum Gasteiger partial charge on any atom is -0.481 e. The van der Waals surface area contributed by atoms with E-state index in [0.717, 1.165) is 30.6 Å². The van der Waals surface area contributed by atoms with Crippen LogP contribution in [0.4, 0.5) is 17.5 Å². The molecule has 1 amide bonds. The molecule has 0 bridgehead atoms. The number of pyridine rings is 1. The molecule has 0 radical (unpaired) electrons. The fourth-order valence-electron chi connectivity index (χ4n) is 3.23. The predicted octanol–water partition coefficient (Wildman–Crippen LogP) is 1.42. The third kappa shape index (κ3) is 7.59. The number of rotatable bonds is 10. The monoisotopic (exact) mass is 453 g/mol. The number of carbonyl (C=O) groups excluding carboxylic acids is 1. The highest BCUT2D eigenvalue weighted by Gasteiger charge is 2.27. The van der Waals surface area contributed by atoms with Crippen LogP contribution in [0, 0.1) is 11.8 Å². The Morgan fingerprint density at radius 2 is 2.24 bits per heavy atom. The van der Waals surface area contributed by atoms with Gasteiger partial charge in [-0.2, -0.15) is 4.98 Å². The van der Waals surface area contributed by atoms with Crippen LogP contribution in [0.2, 0.25) is 0 Å².